The molecule has 2 fully saturated rings. The van der Waals surface area contributed by atoms with Gasteiger partial charge in [-0.15, -0.1) is 0 Å². The van der Waals surface area contributed by atoms with Gasteiger partial charge in [0.2, 0.25) is 15.9 Å². The molecule has 9 heteroatoms. The van der Waals surface area contributed by atoms with Crippen LogP contribution in [0.1, 0.15) is 32.6 Å². The first-order valence-electron chi connectivity index (χ1n) is 8.70. The molecule has 1 aromatic rings. The molecular formula is C17H24N2O5S2. The zero-order chi connectivity index (χ0) is 19.1. The number of nitrogens with zero attached hydrogens (tertiary/aromatic N) is 2. The molecule has 3 rings (SSSR count). The average Bonchev–Trinajstić information content (AvgIpc) is 3.39. The fourth-order valence-corrected chi connectivity index (χ4v) is 7.07. The normalized spacial score (nSPS) is 19.7. The third kappa shape index (κ3) is 3.79. The van der Waals surface area contributed by atoms with Gasteiger partial charge in [-0.05, 0) is 37.8 Å². The number of sulfone groups is 1. The van der Waals surface area contributed by atoms with Gasteiger partial charge in [0.25, 0.3) is 0 Å². The number of benzene rings is 1. The number of likely N-dealkylation sites (tertiary alicyclic amines) is 1. The summed E-state index contributed by atoms with van der Waals surface area (Å²) in [6, 6.07) is 5.49. The number of sulfonamides is 1. The summed E-state index contributed by atoms with van der Waals surface area (Å²) in [4.78, 5) is 12.9. The van der Waals surface area contributed by atoms with Gasteiger partial charge in [-0.3, -0.25) is 4.79 Å². The van der Waals surface area contributed by atoms with Crippen molar-refractivity contribution < 1.29 is 21.6 Å². The Balaban J connectivity index is 1.96. The van der Waals surface area contributed by atoms with Crippen molar-refractivity contribution in [3.63, 3.8) is 0 Å². The Bertz CT molecular complexity index is 899. The van der Waals surface area contributed by atoms with Gasteiger partial charge in [-0.1, -0.05) is 12.1 Å². The fourth-order valence-electron chi connectivity index (χ4n) is 3.54. The summed E-state index contributed by atoms with van der Waals surface area (Å²) in [5.41, 5.74) is 0. The first-order chi connectivity index (χ1) is 12.1. The fraction of sp³-hybridized carbons (Fsp3) is 0.588. The topological polar surface area (TPSA) is 91.8 Å². The van der Waals surface area contributed by atoms with Gasteiger partial charge in [0.1, 0.15) is 4.90 Å². The summed E-state index contributed by atoms with van der Waals surface area (Å²) in [6.45, 7) is 2.55. The number of carbonyl (C=O) groups excluding carboxylic acids is 1. The number of piperidine rings is 1. The molecule has 0 atom stereocenters. The average molecular weight is 401 g/mol. The van der Waals surface area contributed by atoms with E-state index >= 15 is 0 Å². The Morgan fingerprint density at radius 3 is 1.92 bits per heavy atom. The second kappa shape index (κ2) is 6.94. The Labute approximate surface area is 155 Å². The van der Waals surface area contributed by atoms with Crippen molar-refractivity contribution in [2.45, 2.75) is 54.5 Å². The Morgan fingerprint density at radius 2 is 1.46 bits per heavy atom. The van der Waals surface area contributed by atoms with Crippen molar-refractivity contribution in [1.29, 1.82) is 0 Å². The monoisotopic (exact) mass is 400 g/mol. The maximum Gasteiger partial charge on any atom is 0.244 e. The van der Waals surface area contributed by atoms with Crippen molar-refractivity contribution in [1.82, 2.24) is 9.21 Å². The van der Waals surface area contributed by atoms with E-state index in [1.807, 2.05) is 0 Å². The minimum Gasteiger partial charge on any atom is -0.343 e. The lowest BCUT2D eigenvalue weighted by Gasteiger charge is -2.37. The van der Waals surface area contributed by atoms with Gasteiger partial charge < -0.3 is 4.90 Å². The minimum absolute atomic E-state index is 0.00768. The molecule has 1 aliphatic carbocycles. The predicted octanol–water partition coefficient (Wildman–Crippen LogP) is 1.25. The summed E-state index contributed by atoms with van der Waals surface area (Å²) in [5.74, 6) is -0.00768. The number of rotatable bonds is 5. The maximum atomic E-state index is 13.4. The first kappa shape index (κ1) is 19.3. The highest BCUT2D eigenvalue weighted by atomic mass is 32.2. The molecule has 1 aliphatic heterocycles. The molecule has 26 heavy (non-hydrogen) atoms. The van der Waals surface area contributed by atoms with E-state index in [0.717, 1.165) is 19.1 Å². The molecule has 0 bridgehead atoms. The second-order valence-corrected chi connectivity index (χ2v) is 10.8. The van der Waals surface area contributed by atoms with Crippen molar-refractivity contribution in [3.05, 3.63) is 24.3 Å². The van der Waals surface area contributed by atoms with Crippen molar-refractivity contribution >= 4 is 25.8 Å². The number of amides is 1. The van der Waals surface area contributed by atoms with Gasteiger partial charge in [0, 0.05) is 38.4 Å². The van der Waals surface area contributed by atoms with E-state index in [1.165, 1.54) is 29.4 Å². The Kier molecular flexibility index (Phi) is 5.15. The highest BCUT2D eigenvalue weighted by molar-refractivity contribution is 7.93. The standard InChI is InChI=1S/C17H24N2O5S2/c1-13(20)18-11-9-15(10-12-18)19(14-7-8-14)26(23,24)17-6-4-3-5-16(17)25(2,21)22/h3-6,14-15H,7-12H2,1-2H3. The van der Waals surface area contributed by atoms with Crippen LogP contribution < -0.4 is 0 Å². The quantitative estimate of drug-likeness (QED) is 0.742. The predicted molar refractivity (Wildman–Crippen MR) is 96.9 cm³/mol. The van der Waals surface area contributed by atoms with E-state index < -0.39 is 19.9 Å². The number of hydrogen-bond acceptors (Lipinski definition) is 5. The van der Waals surface area contributed by atoms with Crippen molar-refractivity contribution in [2.24, 2.45) is 0 Å². The minimum atomic E-state index is -3.94. The van der Waals surface area contributed by atoms with Crippen LogP contribution in [0.15, 0.2) is 34.1 Å². The molecule has 144 valence electrons. The second-order valence-electron chi connectivity index (χ2n) is 7.02. The number of hydrogen-bond donors (Lipinski definition) is 0. The van der Waals surface area contributed by atoms with Gasteiger partial charge >= 0.3 is 0 Å². The maximum absolute atomic E-state index is 13.4. The van der Waals surface area contributed by atoms with Gasteiger partial charge in [-0.2, -0.15) is 4.31 Å². The molecule has 2 aliphatic rings. The van der Waals surface area contributed by atoms with Crippen LogP contribution in [0.3, 0.4) is 0 Å². The van der Waals surface area contributed by atoms with Crippen molar-refractivity contribution in [2.75, 3.05) is 19.3 Å². The van der Waals surface area contributed by atoms with Crippen LogP contribution in [0.2, 0.25) is 0 Å². The zero-order valence-electron chi connectivity index (χ0n) is 15.0. The molecule has 1 heterocycles. The highest BCUT2D eigenvalue weighted by Crippen LogP contribution is 2.38. The summed E-state index contributed by atoms with van der Waals surface area (Å²) < 4.78 is 52.4. The van der Waals surface area contributed by atoms with E-state index in [0.29, 0.717) is 25.9 Å². The van der Waals surface area contributed by atoms with Crippen LogP contribution in [0.25, 0.3) is 0 Å². The molecule has 1 amide bonds. The molecule has 1 saturated carbocycles. The summed E-state index contributed by atoms with van der Waals surface area (Å²) >= 11 is 0. The number of carbonyl (C=O) groups is 1. The summed E-state index contributed by atoms with van der Waals surface area (Å²) in [6.07, 6.45) is 3.72. The first-order valence-corrected chi connectivity index (χ1v) is 12.0. The zero-order valence-corrected chi connectivity index (χ0v) is 16.6. The Hall–Kier alpha value is -1.45. The van der Waals surface area contributed by atoms with Crippen molar-refractivity contribution in [3.8, 4) is 0 Å². The van der Waals surface area contributed by atoms with E-state index in [-0.39, 0.29) is 27.8 Å². The molecule has 1 aromatic carbocycles. The molecule has 0 aromatic heterocycles. The lowest BCUT2D eigenvalue weighted by atomic mass is 10.0. The van der Waals surface area contributed by atoms with E-state index in [9.17, 15) is 21.6 Å². The third-order valence-corrected chi connectivity index (χ3v) is 8.33. The van der Waals surface area contributed by atoms with Crippen LogP contribution in [-0.4, -0.2) is 63.4 Å². The lowest BCUT2D eigenvalue weighted by molar-refractivity contribution is -0.130. The molecule has 0 spiro atoms. The van der Waals surface area contributed by atoms with Crippen LogP contribution in [-0.2, 0) is 24.7 Å². The molecule has 1 saturated heterocycles. The van der Waals surface area contributed by atoms with E-state index in [1.54, 1.807) is 11.0 Å². The molecule has 7 nitrogen and oxygen atoms in total. The largest absolute Gasteiger partial charge is 0.343 e. The van der Waals surface area contributed by atoms with Gasteiger partial charge in [0.05, 0.1) is 4.90 Å². The highest BCUT2D eigenvalue weighted by Gasteiger charge is 2.44. The van der Waals surface area contributed by atoms with Crippen LogP contribution >= 0.6 is 0 Å². The van der Waals surface area contributed by atoms with Crippen LogP contribution in [0.4, 0.5) is 0 Å². The van der Waals surface area contributed by atoms with Gasteiger partial charge in [-0.25, -0.2) is 16.8 Å². The third-order valence-electron chi connectivity index (χ3n) is 4.98. The molecule has 0 N–H and O–H groups in total. The van der Waals surface area contributed by atoms with Gasteiger partial charge in [0.15, 0.2) is 9.84 Å². The Morgan fingerprint density at radius 1 is 0.962 bits per heavy atom. The van der Waals surface area contributed by atoms with E-state index in [2.05, 4.69) is 0 Å². The van der Waals surface area contributed by atoms with Crippen LogP contribution in [0, 0.1) is 0 Å². The lowest BCUT2D eigenvalue weighted by Crippen LogP contribution is -2.49. The smallest absolute Gasteiger partial charge is 0.244 e. The van der Waals surface area contributed by atoms with E-state index in [4.69, 9.17) is 0 Å². The molecule has 0 radical (unpaired) electrons. The summed E-state index contributed by atoms with van der Waals surface area (Å²) in [5, 5.41) is 0. The molecular weight excluding hydrogens is 376 g/mol. The SMILES string of the molecule is CC(=O)N1CCC(N(C2CC2)S(=O)(=O)c2ccccc2S(C)(=O)=O)CC1. The summed E-state index contributed by atoms with van der Waals surface area (Å²) in [7, 11) is -7.60. The molecule has 0 unspecified atom stereocenters. The van der Waals surface area contributed by atoms with Crippen LogP contribution in [0.5, 0.6) is 0 Å².